The summed E-state index contributed by atoms with van der Waals surface area (Å²) in [7, 11) is 2.01. The van der Waals surface area contributed by atoms with Crippen molar-refractivity contribution in [3.63, 3.8) is 0 Å². The predicted octanol–water partition coefficient (Wildman–Crippen LogP) is 3.39. The minimum atomic E-state index is -0.102. The van der Waals surface area contributed by atoms with E-state index in [1.807, 2.05) is 36.7 Å². The molecule has 1 amide bonds. The molecule has 1 heterocycles. The number of hydrogen-bond donors (Lipinski definition) is 1. The third-order valence-electron chi connectivity index (χ3n) is 2.66. The lowest BCUT2D eigenvalue weighted by molar-refractivity contribution is -0.114. The molecule has 0 unspecified atom stereocenters. The molecule has 0 fully saturated rings. The first-order valence-electron chi connectivity index (χ1n) is 6.18. The van der Waals surface area contributed by atoms with Crippen LogP contribution in [0, 0.1) is 0 Å². The molecule has 0 radical (unpaired) electrons. The minimum absolute atomic E-state index is 0.102. The number of amides is 1. The van der Waals surface area contributed by atoms with Gasteiger partial charge in [0, 0.05) is 30.4 Å². The lowest BCUT2D eigenvalue weighted by Crippen LogP contribution is -2.17. The van der Waals surface area contributed by atoms with Crippen molar-refractivity contribution in [1.29, 1.82) is 0 Å². The quantitative estimate of drug-likeness (QED) is 0.921. The molecule has 2 aromatic rings. The van der Waals surface area contributed by atoms with Crippen molar-refractivity contribution < 1.29 is 4.79 Å². The van der Waals surface area contributed by atoms with Gasteiger partial charge in [-0.3, -0.25) is 9.69 Å². The Balaban J connectivity index is 1.94. The standard InChI is InChI=1S/C14H16ClN3OS/c1-10(19)16-14-17-12(9-20-14)8-18(2)7-11-5-3-4-6-13(11)15/h3-6,9H,7-8H2,1-2H3,(H,16,17,19). The van der Waals surface area contributed by atoms with Crippen molar-refractivity contribution >= 4 is 34.0 Å². The summed E-state index contributed by atoms with van der Waals surface area (Å²) in [5.41, 5.74) is 2.03. The summed E-state index contributed by atoms with van der Waals surface area (Å²) < 4.78 is 0. The van der Waals surface area contributed by atoms with Crippen LogP contribution in [0.4, 0.5) is 5.13 Å². The lowest BCUT2D eigenvalue weighted by Gasteiger charge is -2.16. The van der Waals surface area contributed by atoms with E-state index in [0.717, 1.165) is 22.8 Å². The first kappa shape index (κ1) is 15.0. The van der Waals surface area contributed by atoms with Crippen LogP contribution in [-0.2, 0) is 17.9 Å². The molecule has 0 aliphatic carbocycles. The van der Waals surface area contributed by atoms with Gasteiger partial charge in [0.1, 0.15) is 0 Å². The van der Waals surface area contributed by atoms with Crippen LogP contribution in [0.25, 0.3) is 0 Å². The average Bonchev–Trinajstić information content (AvgIpc) is 2.78. The van der Waals surface area contributed by atoms with E-state index in [0.29, 0.717) is 11.7 Å². The van der Waals surface area contributed by atoms with E-state index in [1.165, 1.54) is 18.3 Å². The van der Waals surface area contributed by atoms with Crippen molar-refractivity contribution in [2.24, 2.45) is 0 Å². The molecule has 106 valence electrons. The number of aromatic nitrogens is 1. The van der Waals surface area contributed by atoms with Crippen LogP contribution in [-0.4, -0.2) is 22.8 Å². The highest BCUT2D eigenvalue weighted by molar-refractivity contribution is 7.13. The summed E-state index contributed by atoms with van der Waals surface area (Å²) in [5, 5.41) is 6.05. The largest absolute Gasteiger partial charge is 0.302 e. The normalized spacial score (nSPS) is 10.8. The van der Waals surface area contributed by atoms with E-state index in [9.17, 15) is 4.79 Å². The molecule has 1 aromatic heterocycles. The smallest absolute Gasteiger partial charge is 0.223 e. The molecular formula is C14H16ClN3OS. The molecule has 0 atom stereocenters. The Kier molecular flexibility index (Phi) is 5.11. The van der Waals surface area contributed by atoms with Crippen LogP contribution < -0.4 is 5.32 Å². The molecular weight excluding hydrogens is 294 g/mol. The fraction of sp³-hybridized carbons (Fsp3) is 0.286. The van der Waals surface area contributed by atoms with Gasteiger partial charge in [-0.25, -0.2) is 4.98 Å². The van der Waals surface area contributed by atoms with E-state index in [4.69, 9.17) is 11.6 Å². The minimum Gasteiger partial charge on any atom is -0.302 e. The van der Waals surface area contributed by atoms with Gasteiger partial charge in [-0.05, 0) is 18.7 Å². The van der Waals surface area contributed by atoms with Gasteiger partial charge in [-0.1, -0.05) is 29.8 Å². The second kappa shape index (κ2) is 6.83. The Labute approximate surface area is 127 Å². The Morgan fingerprint density at radius 3 is 2.85 bits per heavy atom. The highest BCUT2D eigenvalue weighted by Crippen LogP contribution is 2.19. The number of nitrogens with one attached hydrogen (secondary N) is 1. The topological polar surface area (TPSA) is 45.2 Å². The molecule has 0 spiro atoms. The van der Waals surface area contributed by atoms with Crippen LogP contribution in [0.1, 0.15) is 18.2 Å². The number of carbonyl (C=O) groups is 1. The van der Waals surface area contributed by atoms with Crippen molar-refractivity contribution in [2.75, 3.05) is 12.4 Å². The van der Waals surface area contributed by atoms with Crippen molar-refractivity contribution in [3.05, 3.63) is 45.9 Å². The molecule has 0 saturated carbocycles. The Morgan fingerprint density at radius 1 is 1.40 bits per heavy atom. The highest BCUT2D eigenvalue weighted by atomic mass is 35.5. The van der Waals surface area contributed by atoms with Gasteiger partial charge in [0.2, 0.25) is 5.91 Å². The first-order valence-corrected chi connectivity index (χ1v) is 7.44. The van der Waals surface area contributed by atoms with Crippen molar-refractivity contribution in [1.82, 2.24) is 9.88 Å². The van der Waals surface area contributed by atoms with Gasteiger partial charge < -0.3 is 5.32 Å². The molecule has 1 N–H and O–H groups in total. The Hall–Kier alpha value is -1.43. The predicted molar refractivity (Wildman–Crippen MR) is 83.0 cm³/mol. The number of nitrogens with zero attached hydrogens (tertiary/aromatic N) is 2. The maximum Gasteiger partial charge on any atom is 0.223 e. The molecule has 4 nitrogen and oxygen atoms in total. The van der Waals surface area contributed by atoms with Crippen LogP contribution in [0.3, 0.4) is 0 Å². The van der Waals surface area contributed by atoms with Gasteiger partial charge in [0.05, 0.1) is 5.69 Å². The number of thiazole rings is 1. The maximum absolute atomic E-state index is 11.0. The number of halogens is 1. The summed E-state index contributed by atoms with van der Waals surface area (Å²) in [6.45, 7) is 2.94. The summed E-state index contributed by atoms with van der Waals surface area (Å²) >= 11 is 7.58. The van der Waals surface area contributed by atoms with Crippen molar-refractivity contribution in [3.8, 4) is 0 Å². The fourth-order valence-corrected chi connectivity index (χ4v) is 2.78. The van der Waals surface area contributed by atoms with Gasteiger partial charge in [-0.15, -0.1) is 11.3 Å². The average molecular weight is 310 g/mol. The number of anilines is 1. The third kappa shape index (κ3) is 4.30. The third-order valence-corrected chi connectivity index (χ3v) is 3.84. The molecule has 0 aliphatic rings. The van der Waals surface area contributed by atoms with E-state index >= 15 is 0 Å². The van der Waals surface area contributed by atoms with E-state index < -0.39 is 0 Å². The highest BCUT2D eigenvalue weighted by Gasteiger charge is 2.08. The Morgan fingerprint density at radius 2 is 2.15 bits per heavy atom. The van der Waals surface area contributed by atoms with Gasteiger partial charge in [-0.2, -0.15) is 0 Å². The summed E-state index contributed by atoms with van der Waals surface area (Å²) in [4.78, 5) is 17.5. The van der Waals surface area contributed by atoms with E-state index in [-0.39, 0.29) is 5.91 Å². The zero-order valence-corrected chi connectivity index (χ0v) is 13.0. The fourth-order valence-electron chi connectivity index (χ4n) is 1.84. The monoisotopic (exact) mass is 309 g/mol. The molecule has 0 aliphatic heterocycles. The zero-order chi connectivity index (χ0) is 14.5. The van der Waals surface area contributed by atoms with E-state index in [1.54, 1.807) is 0 Å². The zero-order valence-electron chi connectivity index (χ0n) is 11.4. The molecule has 1 aromatic carbocycles. The van der Waals surface area contributed by atoms with Crippen LogP contribution in [0.5, 0.6) is 0 Å². The Bertz CT molecular complexity index is 600. The van der Waals surface area contributed by atoms with E-state index in [2.05, 4.69) is 15.2 Å². The van der Waals surface area contributed by atoms with Gasteiger partial charge in [0.25, 0.3) is 0 Å². The summed E-state index contributed by atoms with van der Waals surface area (Å²) in [6.07, 6.45) is 0. The SMILES string of the molecule is CC(=O)Nc1nc(CN(C)Cc2ccccc2Cl)cs1. The van der Waals surface area contributed by atoms with Crippen LogP contribution in [0.2, 0.25) is 5.02 Å². The van der Waals surface area contributed by atoms with Crippen molar-refractivity contribution in [2.45, 2.75) is 20.0 Å². The van der Waals surface area contributed by atoms with Gasteiger partial charge in [0.15, 0.2) is 5.13 Å². The number of hydrogen-bond acceptors (Lipinski definition) is 4. The van der Waals surface area contributed by atoms with Crippen LogP contribution >= 0.6 is 22.9 Å². The first-order chi connectivity index (χ1) is 9.54. The number of benzene rings is 1. The maximum atomic E-state index is 11.0. The second-order valence-corrected chi connectivity index (χ2v) is 5.85. The molecule has 0 saturated heterocycles. The summed E-state index contributed by atoms with van der Waals surface area (Å²) in [5.74, 6) is -0.102. The molecule has 2 rings (SSSR count). The molecule has 6 heteroatoms. The molecule has 20 heavy (non-hydrogen) atoms. The van der Waals surface area contributed by atoms with Gasteiger partial charge >= 0.3 is 0 Å². The lowest BCUT2D eigenvalue weighted by atomic mass is 10.2. The summed E-state index contributed by atoms with van der Waals surface area (Å²) in [6, 6.07) is 7.81. The number of carbonyl (C=O) groups excluding carboxylic acids is 1. The second-order valence-electron chi connectivity index (χ2n) is 4.59. The van der Waals surface area contributed by atoms with Crippen LogP contribution in [0.15, 0.2) is 29.6 Å². The molecule has 0 bridgehead atoms. The number of rotatable bonds is 5.